The fraction of sp³-hybridized carbons (Fsp3) is 0.409. The number of hydrogen-bond acceptors (Lipinski definition) is 4. The van der Waals surface area contributed by atoms with Crippen molar-refractivity contribution in [1.82, 2.24) is 9.55 Å². The summed E-state index contributed by atoms with van der Waals surface area (Å²) in [7, 11) is 0. The van der Waals surface area contributed by atoms with E-state index in [2.05, 4.69) is 17.2 Å². The standard InChI is InChI=1S/C22H25N3O2S/c1-3-14-9-11-15(12-10-14)24-20(26)17(4-2)25-13-23-21-19(22(25)27)16-7-5-6-8-18(16)28-21/h9-13,17H,3-8H2,1-2H3,(H,24,26). The van der Waals surface area contributed by atoms with Gasteiger partial charge in [-0.05, 0) is 61.8 Å². The number of nitrogens with zero attached hydrogens (tertiary/aromatic N) is 2. The predicted octanol–water partition coefficient (Wildman–Crippen LogP) is 4.49. The minimum Gasteiger partial charge on any atom is -0.324 e. The van der Waals surface area contributed by atoms with Gasteiger partial charge in [0.15, 0.2) is 0 Å². The minimum absolute atomic E-state index is 0.0901. The highest BCUT2D eigenvalue weighted by Crippen LogP contribution is 2.33. The van der Waals surface area contributed by atoms with E-state index >= 15 is 0 Å². The maximum absolute atomic E-state index is 13.3. The smallest absolute Gasteiger partial charge is 0.263 e. The second kappa shape index (κ2) is 7.87. The van der Waals surface area contributed by atoms with E-state index in [1.54, 1.807) is 17.7 Å². The Morgan fingerprint density at radius 1 is 1.21 bits per heavy atom. The van der Waals surface area contributed by atoms with Gasteiger partial charge in [-0.3, -0.25) is 14.2 Å². The molecule has 2 aromatic heterocycles. The molecule has 0 saturated carbocycles. The molecule has 0 bridgehead atoms. The summed E-state index contributed by atoms with van der Waals surface area (Å²) in [6.45, 7) is 4.02. The third kappa shape index (κ3) is 3.37. The van der Waals surface area contributed by atoms with E-state index < -0.39 is 6.04 Å². The van der Waals surface area contributed by atoms with Gasteiger partial charge in [-0.15, -0.1) is 11.3 Å². The quantitative estimate of drug-likeness (QED) is 0.692. The number of carbonyl (C=O) groups excluding carboxylic acids is 1. The Morgan fingerprint density at radius 3 is 2.68 bits per heavy atom. The number of thiophene rings is 1. The molecule has 1 unspecified atom stereocenters. The van der Waals surface area contributed by atoms with Gasteiger partial charge in [0.1, 0.15) is 10.9 Å². The van der Waals surface area contributed by atoms with Crippen LogP contribution >= 0.6 is 11.3 Å². The zero-order chi connectivity index (χ0) is 19.7. The first kappa shape index (κ1) is 18.9. The Bertz CT molecular complexity index is 1070. The molecule has 0 fully saturated rings. The first-order valence-corrected chi connectivity index (χ1v) is 10.8. The van der Waals surface area contributed by atoms with Crippen LogP contribution in [0.15, 0.2) is 35.4 Å². The number of aromatic nitrogens is 2. The minimum atomic E-state index is -0.575. The van der Waals surface area contributed by atoms with Crippen molar-refractivity contribution in [3.8, 4) is 0 Å². The van der Waals surface area contributed by atoms with Crippen molar-refractivity contribution in [2.24, 2.45) is 0 Å². The monoisotopic (exact) mass is 395 g/mol. The largest absolute Gasteiger partial charge is 0.324 e. The molecule has 1 aliphatic rings. The molecule has 0 radical (unpaired) electrons. The molecule has 0 aliphatic heterocycles. The van der Waals surface area contributed by atoms with Crippen LogP contribution in [-0.2, 0) is 24.1 Å². The van der Waals surface area contributed by atoms with E-state index in [-0.39, 0.29) is 11.5 Å². The van der Waals surface area contributed by atoms with Crippen LogP contribution in [0.2, 0.25) is 0 Å². The average Bonchev–Trinajstić information content (AvgIpc) is 3.10. The van der Waals surface area contributed by atoms with Crippen LogP contribution in [0.25, 0.3) is 10.2 Å². The number of nitrogens with one attached hydrogen (secondary N) is 1. The van der Waals surface area contributed by atoms with E-state index in [1.165, 1.54) is 21.4 Å². The molecule has 5 nitrogen and oxygen atoms in total. The van der Waals surface area contributed by atoms with Gasteiger partial charge in [0.2, 0.25) is 5.91 Å². The lowest BCUT2D eigenvalue weighted by Crippen LogP contribution is -2.33. The summed E-state index contributed by atoms with van der Waals surface area (Å²) in [5.41, 5.74) is 3.03. The lowest BCUT2D eigenvalue weighted by molar-refractivity contribution is -0.119. The van der Waals surface area contributed by atoms with Crippen molar-refractivity contribution in [3.63, 3.8) is 0 Å². The van der Waals surface area contributed by atoms with Crippen LogP contribution in [0, 0.1) is 0 Å². The molecule has 6 heteroatoms. The Balaban J connectivity index is 1.67. The number of rotatable bonds is 5. The van der Waals surface area contributed by atoms with Crippen LogP contribution in [0.1, 0.15) is 55.2 Å². The maximum Gasteiger partial charge on any atom is 0.263 e. The molecule has 1 aliphatic carbocycles. The normalized spacial score (nSPS) is 14.6. The first-order chi connectivity index (χ1) is 13.6. The van der Waals surface area contributed by atoms with Gasteiger partial charge in [0.05, 0.1) is 11.7 Å². The summed E-state index contributed by atoms with van der Waals surface area (Å²) in [5.74, 6) is -0.181. The first-order valence-electron chi connectivity index (χ1n) is 10.0. The predicted molar refractivity (Wildman–Crippen MR) is 114 cm³/mol. The topological polar surface area (TPSA) is 64.0 Å². The number of hydrogen-bond donors (Lipinski definition) is 1. The molecular weight excluding hydrogens is 370 g/mol. The Kier molecular flexibility index (Phi) is 5.31. The van der Waals surface area contributed by atoms with Gasteiger partial charge in [-0.25, -0.2) is 4.98 Å². The van der Waals surface area contributed by atoms with E-state index in [4.69, 9.17) is 0 Å². The molecule has 28 heavy (non-hydrogen) atoms. The number of benzene rings is 1. The van der Waals surface area contributed by atoms with Gasteiger partial charge in [-0.2, -0.15) is 0 Å². The summed E-state index contributed by atoms with van der Waals surface area (Å²) in [5, 5.41) is 3.67. The Morgan fingerprint density at radius 2 is 1.96 bits per heavy atom. The van der Waals surface area contributed by atoms with Crippen molar-refractivity contribution < 1.29 is 4.79 Å². The fourth-order valence-corrected chi connectivity index (χ4v) is 5.16. The van der Waals surface area contributed by atoms with Gasteiger partial charge in [0, 0.05) is 10.6 Å². The number of fused-ring (bicyclic) bond motifs is 3. The summed E-state index contributed by atoms with van der Waals surface area (Å²) < 4.78 is 1.51. The highest BCUT2D eigenvalue weighted by molar-refractivity contribution is 7.18. The lowest BCUT2D eigenvalue weighted by atomic mass is 9.97. The van der Waals surface area contributed by atoms with Crippen LogP contribution in [0.5, 0.6) is 0 Å². The van der Waals surface area contributed by atoms with Crippen LogP contribution in [0.4, 0.5) is 5.69 Å². The molecule has 0 spiro atoms. The fourth-order valence-electron chi connectivity index (χ4n) is 3.94. The maximum atomic E-state index is 13.3. The third-order valence-corrected chi connectivity index (χ3v) is 6.76. The Hall–Kier alpha value is -2.47. The molecule has 0 saturated heterocycles. The molecule has 1 atom stereocenters. The van der Waals surface area contributed by atoms with Gasteiger partial charge in [-0.1, -0.05) is 26.0 Å². The summed E-state index contributed by atoms with van der Waals surface area (Å²) in [4.78, 5) is 32.8. The average molecular weight is 396 g/mol. The van der Waals surface area contributed by atoms with E-state index in [0.717, 1.165) is 47.2 Å². The van der Waals surface area contributed by atoms with Crippen molar-refractivity contribution in [1.29, 1.82) is 0 Å². The van der Waals surface area contributed by atoms with E-state index in [0.29, 0.717) is 6.42 Å². The van der Waals surface area contributed by atoms with Crippen molar-refractivity contribution >= 4 is 33.1 Å². The number of anilines is 1. The molecule has 3 aromatic rings. The summed E-state index contributed by atoms with van der Waals surface area (Å²) >= 11 is 1.63. The summed E-state index contributed by atoms with van der Waals surface area (Å²) in [6.07, 6.45) is 7.27. The van der Waals surface area contributed by atoms with Crippen molar-refractivity contribution in [2.45, 2.75) is 58.4 Å². The molecule has 1 aromatic carbocycles. The number of amides is 1. The van der Waals surface area contributed by atoms with Crippen molar-refractivity contribution in [2.75, 3.05) is 5.32 Å². The van der Waals surface area contributed by atoms with Crippen LogP contribution in [0.3, 0.4) is 0 Å². The molecule has 4 rings (SSSR count). The summed E-state index contributed by atoms with van der Waals surface area (Å²) in [6, 6.07) is 7.25. The second-order valence-electron chi connectivity index (χ2n) is 7.31. The zero-order valence-electron chi connectivity index (χ0n) is 16.3. The molecule has 1 N–H and O–H groups in total. The molecular formula is C22H25N3O2S. The Labute approximate surface area is 168 Å². The van der Waals surface area contributed by atoms with Crippen LogP contribution < -0.4 is 10.9 Å². The van der Waals surface area contributed by atoms with E-state index in [9.17, 15) is 9.59 Å². The molecule has 146 valence electrons. The SMILES string of the molecule is CCc1ccc(NC(=O)C(CC)n2cnc3sc4c(c3c2=O)CCCC4)cc1. The van der Waals surface area contributed by atoms with Crippen molar-refractivity contribution in [3.05, 3.63) is 57.0 Å². The van der Waals surface area contributed by atoms with Gasteiger partial charge in [0.25, 0.3) is 5.56 Å². The van der Waals surface area contributed by atoms with Crippen LogP contribution in [-0.4, -0.2) is 15.5 Å². The second-order valence-corrected chi connectivity index (χ2v) is 8.40. The zero-order valence-corrected chi connectivity index (χ0v) is 17.1. The highest BCUT2D eigenvalue weighted by atomic mass is 32.1. The molecule has 1 amide bonds. The van der Waals surface area contributed by atoms with Gasteiger partial charge < -0.3 is 5.32 Å². The van der Waals surface area contributed by atoms with E-state index in [1.807, 2.05) is 31.2 Å². The number of carbonyl (C=O) groups is 1. The van der Waals surface area contributed by atoms with Gasteiger partial charge >= 0.3 is 0 Å². The lowest BCUT2D eigenvalue weighted by Gasteiger charge is -2.18. The molecule has 2 heterocycles. The third-order valence-electron chi connectivity index (χ3n) is 5.56. The highest BCUT2D eigenvalue weighted by Gasteiger charge is 2.24. The number of aryl methyl sites for hydroxylation is 3.